The SMILES string of the molecule is Cc1cc(OC(F)F)nc(NC(=O)NS(=O)(=O)c2cc[nH]c2)n1. The predicted octanol–water partition coefficient (Wildman–Crippen LogP) is 1.22. The maximum atomic E-state index is 12.2. The molecule has 2 rings (SSSR count). The first-order valence-corrected chi connectivity index (χ1v) is 7.51. The summed E-state index contributed by atoms with van der Waals surface area (Å²) >= 11 is 0. The van der Waals surface area contributed by atoms with Gasteiger partial charge < -0.3 is 9.72 Å². The molecule has 0 atom stereocenters. The van der Waals surface area contributed by atoms with Gasteiger partial charge in [-0.1, -0.05) is 0 Å². The number of aryl methyl sites for hydroxylation is 1. The van der Waals surface area contributed by atoms with Crippen molar-refractivity contribution in [1.29, 1.82) is 0 Å². The number of amides is 2. The Kier molecular flexibility index (Phi) is 4.74. The number of halogens is 2. The second-order valence-corrected chi connectivity index (χ2v) is 5.84. The summed E-state index contributed by atoms with van der Waals surface area (Å²) in [7, 11) is -4.08. The summed E-state index contributed by atoms with van der Waals surface area (Å²) in [4.78, 5) is 21.3. The van der Waals surface area contributed by atoms with Crippen LogP contribution in [0.2, 0.25) is 0 Å². The van der Waals surface area contributed by atoms with Gasteiger partial charge in [0.05, 0.1) is 0 Å². The topological polar surface area (TPSA) is 126 Å². The molecule has 12 heteroatoms. The van der Waals surface area contributed by atoms with Crippen molar-refractivity contribution >= 4 is 22.0 Å². The van der Waals surface area contributed by atoms with E-state index in [0.717, 1.165) is 6.07 Å². The van der Waals surface area contributed by atoms with Crippen molar-refractivity contribution in [2.24, 2.45) is 0 Å². The second kappa shape index (κ2) is 6.56. The van der Waals surface area contributed by atoms with Gasteiger partial charge in [-0.3, -0.25) is 5.32 Å². The fraction of sp³-hybridized carbons (Fsp3) is 0.182. The van der Waals surface area contributed by atoms with Gasteiger partial charge in [-0.15, -0.1) is 0 Å². The highest BCUT2D eigenvalue weighted by Crippen LogP contribution is 2.14. The summed E-state index contributed by atoms with van der Waals surface area (Å²) in [6, 6.07) is 1.22. The van der Waals surface area contributed by atoms with Crippen LogP contribution in [-0.4, -0.2) is 36.0 Å². The van der Waals surface area contributed by atoms with Crippen LogP contribution < -0.4 is 14.8 Å². The number of anilines is 1. The van der Waals surface area contributed by atoms with E-state index >= 15 is 0 Å². The van der Waals surface area contributed by atoms with Crippen molar-refractivity contribution < 1.29 is 26.7 Å². The zero-order valence-corrected chi connectivity index (χ0v) is 12.4. The molecule has 23 heavy (non-hydrogen) atoms. The Morgan fingerprint density at radius 1 is 1.39 bits per heavy atom. The lowest BCUT2D eigenvalue weighted by Gasteiger charge is -2.09. The Morgan fingerprint density at radius 2 is 2.13 bits per heavy atom. The van der Waals surface area contributed by atoms with Crippen molar-refractivity contribution in [1.82, 2.24) is 19.7 Å². The molecule has 0 saturated heterocycles. The summed E-state index contributed by atoms with van der Waals surface area (Å²) in [6.07, 6.45) is 2.54. The van der Waals surface area contributed by atoms with Gasteiger partial charge in [0.15, 0.2) is 0 Å². The smallest absolute Gasteiger partial charge is 0.388 e. The molecule has 0 aliphatic carbocycles. The third-order valence-electron chi connectivity index (χ3n) is 2.37. The number of H-pyrrole nitrogens is 1. The molecule has 124 valence electrons. The number of alkyl halides is 2. The van der Waals surface area contributed by atoms with Gasteiger partial charge in [-0.25, -0.2) is 22.9 Å². The van der Waals surface area contributed by atoms with Gasteiger partial charge in [0.2, 0.25) is 11.8 Å². The molecule has 2 amide bonds. The molecule has 9 nitrogen and oxygen atoms in total. The molecule has 0 aliphatic rings. The minimum absolute atomic E-state index is 0.153. The fourth-order valence-corrected chi connectivity index (χ4v) is 2.41. The zero-order valence-electron chi connectivity index (χ0n) is 11.6. The van der Waals surface area contributed by atoms with E-state index < -0.39 is 28.5 Å². The maximum absolute atomic E-state index is 12.2. The zero-order chi connectivity index (χ0) is 17.0. The molecule has 0 saturated carbocycles. The summed E-state index contributed by atoms with van der Waals surface area (Å²) in [6.45, 7) is -1.64. The number of hydrogen-bond acceptors (Lipinski definition) is 6. The summed E-state index contributed by atoms with van der Waals surface area (Å²) in [5.41, 5.74) is 0.236. The van der Waals surface area contributed by atoms with Gasteiger partial charge >= 0.3 is 12.6 Å². The summed E-state index contributed by atoms with van der Waals surface area (Å²) in [5.74, 6) is -0.848. The summed E-state index contributed by atoms with van der Waals surface area (Å²) < 4.78 is 53.8. The lowest BCUT2D eigenvalue weighted by molar-refractivity contribution is -0.0528. The number of carbonyl (C=O) groups is 1. The molecule has 0 aliphatic heterocycles. The standard InChI is InChI=1S/C11H11F2N5O4S/c1-6-4-8(22-9(12)13)16-10(15-6)17-11(19)18-23(20,21)7-2-3-14-5-7/h2-5,9,14H,1H3,(H2,15,16,17,18,19). The molecule has 2 aromatic rings. The van der Waals surface area contributed by atoms with E-state index in [1.54, 1.807) is 4.72 Å². The molecule has 0 unspecified atom stereocenters. The largest absolute Gasteiger partial charge is 0.417 e. The average Bonchev–Trinajstić information content (AvgIpc) is 2.90. The van der Waals surface area contributed by atoms with Crippen LogP contribution in [0.15, 0.2) is 29.4 Å². The molecule has 0 fully saturated rings. The number of aromatic nitrogens is 3. The lowest BCUT2D eigenvalue weighted by Crippen LogP contribution is -2.34. The maximum Gasteiger partial charge on any atom is 0.388 e. The van der Waals surface area contributed by atoms with E-state index in [2.05, 4.69) is 19.7 Å². The van der Waals surface area contributed by atoms with Crippen LogP contribution in [0.1, 0.15) is 5.69 Å². The molecule has 0 aromatic carbocycles. The van der Waals surface area contributed by atoms with E-state index in [4.69, 9.17) is 0 Å². The molecular weight excluding hydrogens is 336 g/mol. The van der Waals surface area contributed by atoms with Crippen LogP contribution in [0.25, 0.3) is 0 Å². The van der Waals surface area contributed by atoms with E-state index in [1.165, 1.54) is 25.4 Å². The number of carbonyl (C=O) groups excluding carboxylic acids is 1. The first-order valence-electron chi connectivity index (χ1n) is 6.03. The Balaban J connectivity index is 2.10. The Morgan fingerprint density at radius 3 is 2.74 bits per heavy atom. The van der Waals surface area contributed by atoms with E-state index in [-0.39, 0.29) is 16.5 Å². The van der Waals surface area contributed by atoms with Gasteiger partial charge in [-0.2, -0.15) is 13.8 Å². The van der Waals surface area contributed by atoms with Crippen molar-refractivity contribution in [2.45, 2.75) is 18.4 Å². The van der Waals surface area contributed by atoms with Crippen molar-refractivity contribution in [3.8, 4) is 5.88 Å². The molecule has 0 radical (unpaired) electrons. The molecule has 2 heterocycles. The average molecular weight is 347 g/mol. The Bertz CT molecular complexity index is 795. The van der Waals surface area contributed by atoms with Crippen molar-refractivity contribution in [3.63, 3.8) is 0 Å². The number of ether oxygens (including phenoxy) is 1. The quantitative estimate of drug-likeness (QED) is 0.747. The number of urea groups is 1. The molecule has 3 N–H and O–H groups in total. The molecule has 0 bridgehead atoms. The highest BCUT2D eigenvalue weighted by Gasteiger charge is 2.19. The Hall–Kier alpha value is -2.76. The van der Waals surface area contributed by atoms with Crippen LogP contribution in [0.3, 0.4) is 0 Å². The lowest BCUT2D eigenvalue weighted by atomic mass is 10.4. The van der Waals surface area contributed by atoms with Crippen LogP contribution >= 0.6 is 0 Å². The minimum Gasteiger partial charge on any atom is -0.417 e. The number of aromatic amines is 1. The third kappa shape index (κ3) is 4.60. The molecule has 0 spiro atoms. The van der Waals surface area contributed by atoms with Gasteiger partial charge in [-0.05, 0) is 13.0 Å². The highest BCUT2D eigenvalue weighted by molar-refractivity contribution is 7.90. The van der Waals surface area contributed by atoms with Gasteiger partial charge in [0, 0.05) is 24.2 Å². The van der Waals surface area contributed by atoms with Crippen LogP contribution in [-0.2, 0) is 10.0 Å². The molecular formula is C11H11F2N5O4S. The summed E-state index contributed by atoms with van der Waals surface area (Å²) in [5, 5.41) is 2.03. The van der Waals surface area contributed by atoms with E-state index in [0.29, 0.717) is 0 Å². The van der Waals surface area contributed by atoms with Crippen LogP contribution in [0.5, 0.6) is 5.88 Å². The van der Waals surface area contributed by atoms with E-state index in [1.807, 2.05) is 5.32 Å². The number of sulfonamides is 1. The monoisotopic (exact) mass is 347 g/mol. The first kappa shape index (κ1) is 16.6. The highest BCUT2D eigenvalue weighted by atomic mass is 32.2. The predicted molar refractivity (Wildman–Crippen MR) is 73.5 cm³/mol. The van der Waals surface area contributed by atoms with Gasteiger partial charge in [0.1, 0.15) is 4.90 Å². The number of hydrogen-bond donors (Lipinski definition) is 3. The van der Waals surface area contributed by atoms with Crippen molar-refractivity contribution in [2.75, 3.05) is 5.32 Å². The van der Waals surface area contributed by atoms with E-state index in [9.17, 15) is 22.0 Å². The number of rotatable bonds is 5. The minimum atomic E-state index is -4.08. The van der Waals surface area contributed by atoms with Crippen LogP contribution in [0.4, 0.5) is 19.5 Å². The second-order valence-electron chi connectivity index (χ2n) is 4.16. The first-order chi connectivity index (χ1) is 10.8. The van der Waals surface area contributed by atoms with Crippen LogP contribution in [0, 0.1) is 6.92 Å². The van der Waals surface area contributed by atoms with Crippen molar-refractivity contribution in [3.05, 3.63) is 30.2 Å². The normalized spacial score (nSPS) is 11.3. The Labute approximate surface area is 129 Å². The number of nitrogens with zero attached hydrogens (tertiary/aromatic N) is 2. The third-order valence-corrected chi connectivity index (χ3v) is 3.70. The fourth-order valence-electron chi connectivity index (χ4n) is 1.53. The van der Waals surface area contributed by atoms with Gasteiger partial charge in [0.25, 0.3) is 10.0 Å². The number of nitrogens with one attached hydrogen (secondary N) is 3. The molecule has 2 aromatic heterocycles.